The van der Waals surface area contributed by atoms with Crippen LogP contribution < -0.4 is 11.4 Å². The lowest BCUT2D eigenvalue weighted by molar-refractivity contribution is -0.0206. The summed E-state index contributed by atoms with van der Waals surface area (Å²) in [6, 6.07) is 0. The number of halogens is 1. The predicted octanol–water partition coefficient (Wildman–Crippen LogP) is 1.10. The summed E-state index contributed by atoms with van der Waals surface area (Å²) in [7, 11) is -11.6. The number of nitrogen functional groups attached to an aromatic ring is 1. The molecule has 1 aromatic rings. The lowest BCUT2D eigenvalue weighted by Gasteiger charge is -2.14. The fourth-order valence-electron chi connectivity index (χ4n) is 2.03. The van der Waals surface area contributed by atoms with E-state index in [0.717, 1.165) is 10.8 Å². The van der Waals surface area contributed by atoms with E-state index in [1.54, 1.807) is 0 Å². The van der Waals surface area contributed by atoms with Crippen molar-refractivity contribution in [2.24, 2.45) is 0 Å². The summed E-state index contributed by atoms with van der Waals surface area (Å²) < 4.78 is 65.0. The largest absolute Gasteiger partial charge is 0.708 e. The molecule has 0 bridgehead atoms. The van der Waals surface area contributed by atoms with Crippen molar-refractivity contribution in [3.63, 3.8) is 0 Å². The van der Waals surface area contributed by atoms with Gasteiger partial charge in [0.15, 0.2) is 11.6 Å². The molecular weight excluding hydrogens is 422 g/mol. The normalized spacial score (nSPS) is 23.5. The summed E-state index contributed by atoms with van der Waals surface area (Å²) in [5.41, 5.74) is 4.36. The Bertz CT molecular complexity index is 819. The summed E-state index contributed by atoms with van der Waals surface area (Å²) in [4.78, 5) is 32.4. The van der Waals surface area contributed by atoms with Gasteiger partial charge in [-0.1, -0.05) is 0 Å². The minimum Gasteiger partial charge on any atom is -0.381 e. The number of rotatable bonds is 8. The van der Waals surface area contributed by atoms with E-state index in [1.165, 1.54) is 0 Å². The van der Waals surface area contributed by atoms with Crippen LogP contribution in [-0.2, 0) is 31.6 Å². The SMILES string of the molecule is Nc1nc(=O)n([C@H]2CC[C@@H](CO[P+](=O)OP(=O)(O)O[P+](=O)O)O2)cc1F. The molecule has 5 atom stereocenters. The molecule has 0 spiro atoms. The van der Waals surface area contributed by atoms with Crippen molar-refractivity contribution in [3.8, 4) is 0 Å². The molecule has 1 aliphatic rings. The fraction of sp³-hybridized carbons (Fsp3) is 0.556. The molecule has 0 aliphatic carbocycles. The average Bonchev–Trinajstić information content (AvgIpc) is 2.95. The number of hydrogen-bond acceptors (Lipinski definition) is 10. The molecule has 0 aromatic carbocycles. The van der Waals surface area contributed by atoms with Crippen molar-refractivity contribution in [3.05, 3.63) is 22.5 Å². The van der Waals surface area contributed by atoms with Crippen LogP contribution >= 0.6 is 24.3 Å². The summed E-state index contributed by atoms with van der Waals surface area (Å²) >= 11 is 0. The smallest absolute Gasteiger partial charge is 0.381 e. The van der Waals surface area contributed by atoms with Gasteiger partial charge in [0, 0.05) is 17.8 Å². The Labute approximate surface area is 146 Å². The number of anilines is 1. The monoisotopic (exact) mass is 435 g/mol. The molecule has 2 heterocycles. The Balaban J connectivity index is 1.87. The van der Waals surface area contributed by atoms with Crippen LogP contribution in [0.1, 0.15) is 19.1 Å². The molecule has 0 saturated carbocycles. The topological polar surface area (TPSA) is 189 Å². The number of ether oxygens (including phenoxy) is 1. The van der Waals surface area contributed by atoms with Gasteiger partial charge in [-0.2, -0.15) is 4.98 Å². The Morgan fingerprint density at radius 2 is 2.15 bits per heavy atom. The molecular formula is C9H13FN3O10P3+2. The third-order valence-electron chi connectivity index (χ3n) is 3.04. The molecule has 26 heavy (non-hydrogen) atoms. The van der Waals surface area contributed by atoms with E-state index in [2.05, 4.69) is 18.1 Å². The van der Waals surface area contributed by atoms with Crippen molar-refractivity contribution in [2.75, 3.05) is 12.3 Å². The molecule has 2 rings (SSSR count). The van der Waals surface area contributed by atoms with Gasteiger partial charge in [-0.3, -0.25) is 9.46 Å². The van der Waals surface area contributed by atoms with Gasteiger partial charge in [0.05, 0.1) is 12.3 Å². The van der Waals surface area contributed by atoms with Crippen LogP contribution in [0.15, 0.2) is 11.0 Å². The highest BCUT2D eigenvalue weighted by molar-refractivity contribution is 7.61. The standard InChI is InChI=1S/C9H11FN3O10P3/c10-6-3-13(9(14)12-8(6)11)7-2-1-5(21-7)4-20-25(17)23-26(18,19)22-24(15)16/h3,5,7H,1-2,4H2,(H2-2,11,12,14,15,16,18,19)/p+2/t5-,7+/m0/s1. The van der Waals surface area contributed by atoms with E-state index >= 15 is 0 Å². The third-order valence-corrected chi connectivity index (χ3v) is 6.14. The van der Waals surface area contributed by atoms with Crippen LogP contribution in [0.2, 0.25) is 0 Å². The van der Waals surface area contributed by atoms with Crippen LogP contribution in [0.3, 0.4) is 0 Å². The highest BCUT2D eigenvalue weighted by atomic mass is 31.3. The molecule has 3 unspecified atom stereocenters. The van der Waals surface area contributed by atoms with E-state index in [0.29, 0.717) is 6.42 Å². The summed E-state index contributed by atoms with van der Waals surface area (Å²) in [5, 5.41) is 0. The third kappa shape index (κ3) is 5.92. The van der Waals surface area contributed by atoms with Crippen molar-refractivity contribution in [1.82, 2.24) is 9.55 Å². The highest BCUT2D eigenvalue weighted by Gasteiger charge is 2.45. The average molecular weight is 435 g/mol. The molecule has 1 aromatic heterocycles. The lowest BCUT2D eigenvalue weighted by atomic mass is 10.2. The van der Waals surface area contributed by atoms with Crippen LogP contribution in [0.5, 0.6) is 0 Å². The Kier molecular flexibility index (Phi) is 7.03. The first-order chi connectivity index (χ1) is 12.1. The Morgan fingerprint density at radius 1 is 1.46 bits per heavy atom. The first-order valence-corrected chi connectivity index (χ1v) is 10.5. The van der Waals surface area contributed by atoms with E-state index in [9.17, 15) is 22.9 Å². The van der Waals surface area contributed by atoms with Gasteiger partial charge in [-0.25, -0.2) is 13.8 Å². The zero-order valence-electron chi connectivity index (χ0n) is 12.7. The maximum atomic E-state index is 13.4. The summed E-state index contributed by atoms with van der Waals surface area (Å²) in [6.45, 7) is -0.364. The molecule has 13 nitrogen and oxygen atoms in total. The molecule has 1 aliphatic heterocycles. The highest BCUT2D eigenvalue weighted by Crippen LogP contribution is 2.57. The van der Waals surface area contributed by atoms with Crippen LogP contribution in [0.4, 0.5) is 10.2 Å². The van der Waals surface area contributed by atoms with Gasteiger partial charge in [0.25, 0.3) is 0 Å². The summed E-state index contributed by atoms with van der Waals surface area (Å²) in [6.07, 6.45) is -0.102. The molecule has 1 saturated heterocycles. The van der Waals surface area contributed by atoms with Gasteiger partial charge in [-0.05, 0) is 12.8 Å². The molecule has 144 valence electrons. The van der Waals surface area contributed by atoms with Crippen molar-refractivity contribution >= 4 is 30.2 Å². The van der Waals surface area contributed by atoms with E-state index < -0.39 is 54.0 Å². The van der Waals surface area contributed by atoms with Crippen molar-refractivity contribution < 1.29 is 45.8 Å². The van der Waals surface area contributed by atoms with Gasteiger partial charge in [0.1, 0.15) is 12.8 Å². The molecule has 1 fully saturated rings. The second-order valence-electron chi connectivity index (χ2n) is 4.84. The molecule has 17 heteroatoms. The van der Waals surface area contributed by atoms with Crippen LogP contribution in [-0.4, -0.2) is 32.0 Å². The number of hydrogen-bond donors (Lipinski definition) is 3. The first kappa shape index (κ1) is 21.1. The Morgan fingerprint density at radius 3 is 2.81 bits per heavy atom. The second-order valence-corrected chi connectivity index (χ2v) is 8.27. The first-order valence-electron chi connectivity index (χ1n) is 6.75. The van der Waals surface area contributed by atoms with E-state index in [4.69, 9.17) is 20.3 Å². The predicted molar refractivity (Wildman–Crippen MR) is 81.4 cm³/mol. The Hall–Kier alpha value is -1.20. The number of aromatic nitrogens is 2. The zero-order valence-corrected chi connectivity index (χ0v) is 15.4. The maximum Gasteiger partial charge on any atom is 0.708 e. The van der Waals surface area contributed by atoms with Gasteiger partial charge in [-0.15, -0.1) is 9.42 Å². The number of nitrogens with two attached hydrogens (primary N) is 1. The number of nitrogens with zero attached hydrogens (tertiary/aromatic N) is 2. The van der Waals surface area contributed by atoms with Gasteiger partial charge >= 0.3 is 30.0 Å². The zero-order chi connectivity index (χ0) is 19.5. The molecule has 0 radical (unpaired) electrons. The van der Waals surface area contributed by atoms with Crippen molar-refractivity contribution in [2.45, 2.75) is 25.2 Å². The lowest BCUT2D eigenvalue weighted by Crippen LogP contribution is -2.29. The number of phosphoric acid groups is 1. The second kappa shape index (κ2) is 8.66. The molecule has 0 amide bonds. The minimum atomic E-state index is -5.03. The van der Waals surface area contributed by atoms with Gasteiger partial charge < -0.3 is 10.5 Å². The van der Waals surface area contributed by atoms with Crippen LogP contribution in [0, 0.1) is 5.82 Å². The molecule has 4 N–H and O–H groups in total. The van der Waals surface area contributed by atoms with Crippen molar-refractivity contribution in [1.29, 1.82) is 0 Å². The van der Waals surface area contributed by atoms with E-state index in [1.807, 2.05) is 0 Å². The fourth-order valence-corrected chi connectivity index (χ4v) is 4.28. The van der Waals surface area contributed by atoms with Gasteiger partial charge in [0.2, 0.25) is 0 Å². The quantitative estimate of drug-likeness (QED) is 0.494. The minimum absolute atomic E-state index is 0.281. The summed E-state index contributed by atoms with van der Waals surface area (Å²) in [5.74, 6) is -1.44. The maximum absolute atomic E-state index is 13.4. The van der Waals surface area contributed by atoms with E-state index in [-0.39, 0.29) is 13.0 Å². The van der Waals surface area contributed by atoms with Crippen LogP contribution in [0.25, 0.3) is 0 Å².